The van der Waals surface area contributed by atoms with Crippen LogP contribution >= 0.6 is 0 Å². The molecule has 3 heteroatoms. The third kappa shape index (κ3) is 2.13. The number of aromatic nitrogens is 1. The molecule has 0 saturated carbocycles. The van der Waals surface area contributed by atoms with Crippen molar-refractivity contribution in [1.29, 1.82) is 0 Å². The Balaban J connectivity index is 1.95. The lowest BCUT2D eigenvalue weighted by molar-refractivity contribution is 1.49. The molecule has 0 aliphatic carbocycles. The quantitative estimate of drug-likeness (QED) is 0.414. The number of hydrogen-bond donors (Lipinski definition) is 2. The summed E-state index contributed by atoms with van der Waals surface area (Å²) in [5.74, 6) is 0. The third-order valence-corrected chi connectivity index (χ3v) is 3.78. The fourth-order valence-corrected chi connectivity index (χ4v) is 2.67. The Kier molecular flexibility index (Phi) is 2.90. The van der Waals surface area contributed by atoms with Gasteiger partial charge < -0.3 is 11.1 Å². The van der Waals surface area contributed by atoms with Gasteiger partial charge in [0.25, 0.3) is 0 Å². The summed E-state index contributed by atoms with van der Waals surface area (Å²) in [7, 11) is 0. The van der Waals surface area contributed by atoms with Crippen LogP contribution in [0.15, 0.2) is 72.8 Å². The highest BCUT2D eigenvalue weighted by molar-refractivity contribution is 6.04. The molecule has 3 nitrogen and oxygen atoms in total. The van der Waals surface area contributed by atoms with E-state index in [2.05, 4.69) is 17.4 Å². The van der Waals surface area contributed by atoms with E-state index in [0.717, 1.165) is 33.2 Å². The number of hydrogen-bond acceptors (Lipinski definition) is 3. The highest BCUT2D eigenvalue weighted by Crippen LogP contribution is 2.33. The lowest BCUT2D eigenvalue weighted by atomic mass is 10.1. The Bertz CT molecular complexity index is 962. The molecule has 0 saturated heterocycles. The Labute approximate surface area is 128 Å². The second-order valence-electron chi connectivity index (χ2n) is 5.27. The first kappa shape index (κ1) is 12.7. The van der Waals surface area contributed by atoms with Gasteiger partial charge in [-0.2, -0.15) is 0 Å². The van der Waals surface area contributed by atoms with Crippen LogP contribution in [0.1, 0.15) is 0 Å². The number of pyridine rings is 1. The summed E-state index contributed by atoms with van der Waals surface area (Å²) in [6.07, 6.45) is 0. The largest absolute Gasteiger partial charge is 0.397 e. The van der Waals surface area contributed by atoms with Gasteiger partial charge in [-0.15, -0.1) is 0 Å². The second-order valence-corrected chi connectivity index (χ2v) is 5.27. The summed E-state index contributed by atoms with van der Waals surface area (Å²) >= 11 is 0. The maximum atomic E-state index is 6.19. The molecule has 0 atom stereocenters. The highest BCUT2D eigenvalue weighted by Gasteiger charge is 2.08. The number of benzene rings is 3. The van der Waals surface area contributed by atoms with Crippen LogP contribution < -0.4 is 11.1 Å². The van der Waals surface area contributed by atoms with Crippen molar-refractivity contribution in [3.8, 4) is 0 Å². The molecule has 4 aromatic rings. The van der Waals surface area contributed by atoms with E-state index in [1.807, 2.05) is 60.7 Å². The first-order chi connectivity index (χ1) is 10.8. The van der Waals surface area contributed by atoms with Gasteiger partial charge >= 0.3 is 0 Å². The minimum Gasteiger partial charge on any atom is -0.397 e. The first-order valence-electron chi connectivity index (χ1n) is 7.21. The van der Waals surface area contributed by atoms with Crippen LogP contribution in [-0.2, 0) is 0 Å². The van der Waals surface area contributed by atoms with Gasteiger partial charge in [0.05, 0.1) is 22.4 Å². The Morgan fingerprint density at radius 1 is 0.773 bits per heavy atom. The molecule has 0 radical (unpaired) electrons. The second kappa shape index (κ2) is 5.04. The average molecular weight is 285 g/mol. The lowest BCUT2D eigenvalue weighted by Gasteiger charge is -2.13. The van der Waals surface area contributed by atoms with E-state index in [9.17, 15) is 0 Å². The maximum absolute atomic E-state index is 6.19. The summed E-state index contributed by atoms with van der Waals surface area (Å²) in [5.41, 5.74) is 10.7. The third-order valence-electron chi connectivity index (χ3n) is 3.78. The molecule has 0 fully saturated rings. The predicted octanol–water partition coefficient (Wildman–Crippen LogP) is 4.71. The number of nitrogen functional groups attached to an aromatic ring is 1. The van der Waals surface area contributed by atoms with Crippen molar-refractivity contribution in [2.75, 3.05) is 11.1 Å². The van der Waals surface area contributed by atoms with Crippen molar-refractivity contribution in [2.45, 2.75) is 0 Å². The number of nitrogens with one attached hydrogen (secondary N) is 1. The topological polar surface area (TPSA) is 50.9 Å². The molecule has 0 amide bonds. The number of fused-ring (bicyclic) bond motifs is 2. The number of nitrogens with zero attached hydrogens (tertiary/aromatic N) is 1. The molecule has 0 spiro atoms. The summed E-state index contributed by atoms with van der Waals surface area (Å²) < 4.78 is 0. The fourth-order valence-electron chi connectivity index (χ4n) is 2.67. The van der Waals surface area contributed by atoms with Gasteiger partial charge in [-0.1, -0.05) is 36.4 Å². The normalized spacial score (nSPS) is 10.9. The Morgan fingerprint density at radius 2 is 1.55 bits per heavy atom. The zero-order valence-corrected chi connectivity index (χ0v) is 12.0. The average Bonchev–Trinajstić information content (AvgIpc) is 2.57. The summed E-state index contributed by atoms with van der Waals surface area (Å²) in [5, 5.41) is 5.55. The molecule has 0 bridgehead atoms. The van der Waals surface area contributed by atoms with Crippen LogP contribution in [0, 0.1) is 0 Å². The zero-order chi connectivity index (χ0) is 14.9. The SMILES string of the molecule is Nc1ccc2nc3ccccc3cc2c1Nc1ccccc1. The standard InChI is InChI=1S/C19H15N3/c20-16-10-11-18-15(12-13-6-4-5-9-17(13)22-18)19(16)21-14-7-2-1-3-8-14/h1-12,21H,20H2. The monoisotopic (exact) mass is 285 g/mol. The molecule has 4 rings (SSSR count). The molecular weight excluding hydrogens is 270 g/mol. The van der Waals surface area contributed by atoms with Crippen molar-refractivity contribution >= 4 is 38.9 Å². The van der Waals surface area contributed by atoms with Crippen LogP contribution in [0.5, 0.6) is 0 Å². The molecule has 0 aliphatic heterocycles. The molecule has 3 aromatic carbocycles. The van der Waals surface area contributed by atoms with E-state index in [-0.39, 0.29) is 0 Å². The minimum atomic E-state index is 0.716. The van der Waals surface area contributed by atoms with E-state index in [0.29, 0.717) is 5.69 Å². The number of anilines is 3. The van der Waals surface area contributed by atoms with E-state index in [1.165, 1.54) is 0 Å². The number of nitrogens with two attached hydrogens (primary N) is 1. The summed E-state index contributed by atoms with van der Waals surface area (Å²) in [6, 6.07) is 24.1. The lowest BCUT2D eigenvalue weighted by Crippen LogP contribution is -1.98. The van der Waals surface area contributed by atoms with E-state index < -0.39 is 0 Å². The maximum Gasteiger partial charge on any atom is 0.0732 e. The Hall–Kier alpha value is -3.07. The van der Waals surface area contributed by atoms with Gasteiger partial charge in [0.1, 0.15) is 0 Å². The van der Waals surface area contributed by atoms with Crippen LogP contribution in [0.3, 0.4) is 0 Å². The fraction of sp³-hybridized carbons (Fsp3) is 0. The molecular formula is C19H15N3. The highest BCUT2D eigenvalue weighted by atomic mass is 14.9. The van der Waals surface area contributed by atoms with Gasteiger partial charge in [0.2, 0.25) is 0 Å². The van der Waals surface area contributed by atoms with Gasteiger partial charge in [-0.05, 0) is 36.4 Å². The zero-order valence-electron chi connectivity index (χ0n) is 12.0. The predicted molar refractivity (Wildman–Crippen MR) is 93.4 cm³/mol. The molecule has 1 heterocycles. The van der Waals surface area contributed by atoms with E-state index >= 15 is 0 Å². The van der Waals surface area contributed by atoms with Crippen LogP contribution in [0.4, 0.5) is 17.1 Å². The van der Waals surface area contributed by atoms with Crippen molar-refractivity contribution in [3.05, 3.63) is 72.8 Å². The van der Waals surface area contributed by atoms with Gasteiger partial charge in [-0.3, -0.25) is 0 Å². The molecule has 0 aliphatic rings. The van der Waals surface area contributed by atoms with Crippen molar-refractivity contribution in [2.24, 2.45) is 0 Å². The van der Waals surface area contributed by atoms with Crippen LogP contribution in [-0.4, -0.2) is 4.98 Å². The van der Waals surface area contributed by atoms with Crippen molar-refractivity contribution < 1.29 is 0 Å². The van der Waals surface area contributed by atoms with E-state index in [4.69, 9.17) is 10.7 Å². The number of para-hydroxylation sites is 2. The van der Waals surface area contributed by atoms with Gasteiger partial charge in [0, 0.05) is 16.5 Å². The van der Waals surface area contributed by atoms with Crippen LogP contribution in [0.25, 0.3) is 21.8 Å². The van der Waals surface area contributed by atoms with Gasteiger partial charge in [-0.25, -0.2) is 4.98 Å². The Morgan fingerprint density at radius 3 is 2.41 bits per heavy atom. The first-order valence-corrected chi connectivity index (χ1v) is 7.21. The van der Waals surface area contributed by atoms with Gasteiger partial charge in [0.15, 0.2) is 0 Å². The molecule has 22 heavy (non-hydrogen) atoms. The smallest absolute Gasteiger partial charge is 0.0732 e. The minimum absolute atomic E-state index is 0.716. The molecule has 1 aromatic heterocycles. The summed E-state index contributed by atoms with van der Waals surface area (Å²) in [4.78, 5) is 4.73. The van der Waals surface area contributed by atoms with Crippen LogP contribution in [0.2, 0.25) is 0 Å². The summed E-state index contributed by atoms with van der Waals surface area (Å²) in [6.45, 7) is 0. The van der Waals surface area contributed by atoms with Crippen molar-refractivity contribution in [1.82, 2.24) is 4.98 Å². The number of rotatable bonds is 2. The molecule has 0 unspecified atom stereocenters. The van der Waals surface area contributed by atoms with Crippen molar-refractivity contribution in [3.63, 3.8) is 0 Å². The van der Waals surface area contributed by atoms with E-state index in [1.54, 1.807) is 0 Å². The molecule has 106 valence electrons. The molecule has 3 N–H and O–H groups in total.